The van der Waals surface area contributed by atoms with Gasteiger partial charge in [0.15, 0.2) is 0 Å². The van der Waals surface area contributed by atoms with Crippen LogP contribution in [0.2, 0.25) is 0 Å². The molecule has 0 radical (unpaired) electrons. The molecule has 0 aromatic rings. The van der Waals surface area contributed by atoms with Crippen LogP contribution in [0, 0.1) is 5.41 Å². The molecule has 0 bridgehead atoms. The number of carbonyl (C=O) groups is 2. The van der Waals surface area contributed by atoms with Crippen molar-refractivity contribution < 1.29 is 38.0 Å². The second-order valence-electron chi connectivity index (χ2n) is 4.52. The molecule has 0 aliphatic heterocycles. The molecule has 0 saturated heterocycles. The fourth-order valence-corrected chi connectivity index (χ4v) is 1.75. The van der Waals surface area contributed by atoms with Gasteiger partial charge in [0.1, 0.15) is 13.6 Å². The number of ether oxygens (including phenoxy) is 6. The van der Waals surface area contributed by atoms with Crippen LogP contribution in [0.4, 0.5) is 0 Å². The van der Waals surface area contributed by atoms with Crippen LogP contribution < -0.4 is 0 Å². The second kappa shape index (κ2) is 11.4. The Bertz CT molecular complexity index is 275. The topological polar surface area (TPSA) is 89.5 Å². The van der Waals surface area contributed by atoms with Gasteiger partial charge in [0.25, 0.3) is 0 Å². The molecule has 0 aliphatic carbocycles. The van der Waals surface area contributed by atoms with E-state index in [2.05, 4.69) is 9.47 Å². The predicted molar refractivity (Wildman–Crippen MR) is 71.4 cm³/mol. The number of hydrogen-bond donors (Lipinski definition) is 0. The zero-order valence-electron chi connectivity index (χ0n) is 13.0. The van der Waals surface area contributed by atoms with Crippen molar-refractivity contribution >= 4 is 11.9 Å². The molecule has 8 nitrogen and oxygen atoms in total. The van der Waals surface area contributed by atoms with Gasteiger partial charge in [0.05, 0.1) is 40.3 Å². The van der Waals surface area contributed by atoms with Crippen LogP contribution in [-0.2, 0) is 38.0 Å². The van der Waals surface area contributed by atoms with Gasteiger partial charge in [-0.1, -0.05) is 0 Å². The van der Waals surface area contributed by atoms with Gasteiger partial charge in [-0.3, -0.25) is 9.59 Å². The van der Waals surface area contributed by atoms with Crippen molar-refractivity contribution in [3.05, 3.63) is 0 Å². The standard InChI is InChI=1S/C13H24O8/c1-16-9-20-7-13(5-11(14)18-3,6-12(15)19-4)8-21-10-17-2/h5-10H2,1-4H3. The summed E-state index contributed by atoms with van der Waals surface area (Å²) in [5.41, 5.74) is -0.906. The molecule has 124 valence electrons. The van der Waals surface area contributed by atoms with Crippen molar-refractivity contribution in [2.45, 2.75) is 12.8 Å². The van der Waals surface area contributed by atoms with Gasteiger partial charge in [-0.2, -0.15) is 0 Å². The first-order valence-electron chi connectivity index (χ1n) is 6.30. The molecule has 21 heavy (non-hydrogen) atoms. The van der Waals surface area contributed by atoms with Gasteiger partial charge < -0.3 is 28.4 Å². The molecule has 0 aromatic carbocycles. The minimum atomic E-state index is -0.906. The fraction of sp³-hybridized carbons (Fsp3) is 0.846. The van der Waals surface area contributed by atoms with Crippen LogP contribution in [-0.4, -0.2) is 67.2 Å². The number of methoxy groups -OCH3 is 4. The lowest BCUT2D eigenvalue weighted by atomic mass is 9.82. The van der Waals surface area contributed by atoms with Crippen molar-refractivity contribution in [3.8, 4) is 0 Å². The summed E-state index contributed by atoms with van der Waals surface area (Å²) < 4.78 is 29.6. The molecule has 0 aromatic heterocycles. The molecule has 0 atom stereocenters. The average molecular weight is 308 g/mol. The Balaban J connectivity index is 4.94. The van der Waals surface area contributed by atoms with Crippen LogP contribution in [0.15, 0.2) is 0 Å². The number of carbonyl (C=O) groups excluding carboxylic acids is 2. The van der Waals surface area contributed by atoms with E-state index in [0.717, 1.165) is 0 Å². The van der Waals surface area contributed by atoms with E-state index in [4.69, 9.17) is 18.9 Å². The van der Waals surface area contributed by atoms with E-state index >= 15 is 0 Å². The van der Waals surface area contributed by atoms with E-state index in [1.807, 2.05) is 0 Å². The summed E-state index contributed by atoms with van der Waals surface area (Å²) in [6.07, 6.45) is -0.0991. The molecule has 0 saturated carbocycles. The van der Waals surface area contributed by atoms with E-state index in [0.29, 0.717) is 0 Å². The first kappa shape index (κ1) is 19.8. The molecule has 0 rings (SSSR count). The fourth-order valence-electron chi connectivity index (χ4n) is 1.75. The second-order valence-corrected chi connectivity index (χ2v) is 4.52. The minimum Gasteiger partial charge on any atom is -0.469 e. The van der Waals surface area contributed by atoms with E-state index in [1.165, 1.54) is 28.4 Å². The Kier molecular flexibility index (Phi) is 10.8. The lowest BCUT2D eigenvalue weighted by Crippen LogP contribution is -2.38. The summed E-state index contributed by atoms with van der Waals surface area (Å²) in [6, 6.07) is 0. The molecule has 0 unspecified atom stereocenters. The van der Waals surface area contributed by atoms with Gasteiger partial charge in [0, 0.05) is 19.6 Å². The zero-order chi connectivity index (χ0) is 16.1. The van der Waals surface area contributed by atoms with E-state index < -0.39 is 17.4 Å². The molecule has 0 N–H and O–H groups in total. The number of rotatable bonds is 12. The van der Waals surface area contributed by atoms with E-state index in [9.17, 15) is 9.59 Å². The average Bonchev–Trinajstić information content (AvgIpc) is 2.47. The normalized spacial score (nSPS) is 11.2. The summed E-state index contributed by atoms with van der Waals surface area (Å²) in [6.45, 7) is 0.228. The van der Waals surface area contributed by atoms with Crippen LogP contribution in [0.1, 0.15) is 12.8 Å². The van der Waals surface area contributed by atoms with Gasteiger partial charge in [-0.15, -0.1) is 0 Å². The van der Waals surface area contributed by atoms with Gasteiger partial charge in [-0.05, 0) is 0 Å². The third kappa shape index (κ3) is 8.61. The van der Waals surface area contributed by atoms with Crippen LogP contribution >= 0.6 is 0 Å². The minimum absolute atomic E-state index is 0.0361. The third-order valence-electron chi connectivity index (χ3n) is 2.71. The van der Waals surface area contributed by atoms with Crippen molar-refractivity contribution in [2.24, 2.45) is 5.41 Å². The molecule has 0 heterocycles. The highest BCUT2D eigenvalue weighted by atomic mass is 16.7. The summed E-state index contributed by atoms with van der Waals surface area (Å²) in [5, 5.41) is 0. The van der Waals surface area contributed by atoms with Crippen molar-refractivity contribution in [3.63, 3.8) is 0 Å². The highest BCUT2D eigenvalue weighted by molar-refractivity contribution is 5.74. The summed E-state index contributed by atoms with van der Waals surface area (Å²) in [7, 11) is 5.50. The van der Waals surface area contributed by atoms with Crippen molar-refractivity contribution in [2.75, 3.05) is 55.2 Å². The maximum absolute atomic E-state index is 11.6. The Morgan fingerprint density at radius 3 is 1.43 bits per heavy atom. The lowest BCUT2D eigenvalue weighted by Gasteiger charge is -2.31. The summed E-state index contributed by atoms with van der Waals surface area (Å²) in [5.74, 6) is -0.943. The third-order valence-corrected chi connectivity index (χ3v) is 2.71. The maximum atomic E-state index is 11.6. The zero-order valence-corrected chi connectivity index (χ0v) is 13.0. The van der Waals surface area contributed by atoms with Crippen LogP contribution in [0.25, 0.3) is 0 Å². The lowest BCUT2D eigenvalue weighted by molar-refractivity contribution is -0.160. The predicted octanol–water partition coefficient (Wildman–Crippen LogP) is 0.340. The summed E-state index contributed by atoms with van der Waals surface area (Å²) >= 11 is 0. The van der Waals surface area contributed by atoms with Crippen LogP contribution in [0.3, 0.4) is 0 Å². The van der Waals surface area contributed by atoms with Crippen molar-refractivity contribution in [1.29, 1.82) is 0 Å². The Labute approximate surface area is 124 Å². The van der Waals surface area contributed by atoms with Crippen molar-refractivity contribution in [1.82, 2.24) is 0 Å². The molecule has 0 amide bonds. The molecular formula is C13H24O8. The smallest absolute Gasteiger partial charge is 0.306 e. The molecule has 0 fully saturated rings. The van der Waals surface area contributed by atoms with Gasteiger partial charge in [-0.25, -0.2) is 0 Å². The SMILES string of the molecule is COCOCC(COCOC)(CC(=O)OC)CC(=O)OC. The Hall–Kier alpha value is -1.22. The molecule has 0 spiro atoms. The Morgan fingerprint density at radius 2 is 1.14 bits per heavy atom. The Morgan fingerprint density at radius 1 is 0.762 bits per heavy atom. The van der Waals surface area contributed by atoms with E-state index in [1.54, 1.807) is 0 Å². The van der Waals surface area contributed by atoms with Crippen LogP contribution in [0.5, 0.6) is 0 Å². The summed E-state index contributed by atoms with van der Waals surface area (Å²) in [4.78, 5) is 23.2. The number of esters is 2. The monoisotopic (exact) mass is 308 g/mol. The molecular weight excluding hydrogens is 284 g/mol. The van der Waals surface area contributed by atoms with Gasteiger partial charge >= 0.3 is 11.9 Å². The van der Waals surface area contributed by atoms with E-state index in [-0.39, 0.29) is 39.6 Å². The first-order valence-corrected chi connectivity index (χ1v) is 6.30. The maximum Gasteiger partial charge on any atom is 0.306 e. The highest BCUT2D eigenvalue weighted by Gasteiger charge is 2.37. The quantitative estimate of drug-likeness (QED) is 0.290. The highest BCUT2D eigenvalue weighted by Crippen LogP contribution is 2.29. The molecule has 8 heteroatoms. The van der Waals surface area contributed by atoms with Gasteiger partial charge in [0.2, 0.25) is 0 Å². The number of hydrogen-bond acceptors (Lipinski definition) is 8. The first-order chi connectivity index (χ1) is 10.0. The molecule has 0 aliphatic rings. The largest absolute Gasteiger partial charge is 0.469 e.